The Morgan fingerprint density at radius 2 is 2.17 bits per heavy atom. The van der Waals surface area contributed by atoms with Crippen LogP contribution in [-0.4, -0.2) is 26.1 Å². The van der Waals surface area contributed by atoms with E-state index >= 15 is 0 Å². The fourth-order valence-electron chi connectivity index (χ4n) is 2.55. The second kappa shape index (κ2) is 5.78. The van der Waals surface area contributed by atoms with Crippen LogP contribution < -0.4 is 0 Å². The van der Waals surface area contributed by atoms with E-state index in [1.54, 1.807) is 11.8 Å². The normalized spacial score (nSPS) is 24.8. The largest absolute Gasteiger partial charge is 0.481 e. The maximum absolute atomic E-state index is 11.4. The molecule has 0 amide bonds. The number of carboxylic acid groups (broad SMARTS) is 1. The number of hydrogen-bond acceptors (Lipinski definition) is 3. The van der Waals surface area contributed by atoms with Crippen LogP contribution in [0.3, 0.4) is 0 Å². The highest BCUT2D eigenvalue weighted by atomic mass is 32.2. The van der Waals surface area contributed by atoms with Crippen molar-refractivity contribution < 1.29 is 9.90 Å². The molecule has 2 atom stereocenters. The van der Waals surface area contributed by atoms with E-state index in [-0.39, 0.29) is 11.2 Å². The minimum atomic E-state index is -0.645. The first-order valence-corrected chi connectivity index (χ1v) is 7.36. The highest BCUT2D eigenvalue weighted by Crippen LogP contribution is 2.36. The van der Waals surface area contributed by atoms with Gasteiger partial charge in [0.1, 0.15) is 0 Å². The van der Waals surface area contributed by atoms with Gasteiger partial charge in [-0.1, -0.05) is 19.3 Å². The molecule has 0 aromatic carbocycles. The van der Waals surface area contributed by atoms with Gasteiger partial charge in [0.2, 0.25) is 0 Å². The maximum atomic E-state index is 11.4. The van der Waals surface area contributed by atoms with E-state index in [4.69, 9.17) is 0 Å². The first kappa shape index (κ1) is 13.5. The van der Waals surface area contributed by atoms with Crippen LogP contribution in [-0.2, 0) is 11.8 Å². The molecule has 0 radical (unpaired) electrons. The summed E-state index contributed by atoms with van der Waals surface area (Å²) in [5.41, 5.74) is 0.987. The Morgan fingerprint density at radius 1 is 1.44 bits per heavy atom. The van der Waals surface area contributed by atoms with E-state index in [9.17, 15) is 9.90 Å². The molecule has 0 spiro atoms. The van der Waals surface area contributed by atoms with Crippen molar-refractivity contribution in [2.24, 2.45) is 13.0 Å². The van der Waals surface area contributed by atoms with Gasteiger partial charge in [-0.05, 0) is 25.8 Å². The third kappa shape index (κ3) is 3.07. The van der Waals surface area contributed by atoms with E-state index in [2.05, 4.69) is 5.10 Å². The summed E-state index contributed by atoms with van der Waals surface area (Å²) < 4.78 is 1.85. The average molecular weight is 268 g/mol. The molecule has 0 bridgehead atoms. The van der Waals surface area contributed by atoms with Gasteiger partial charge in [-0.25, -0.2) is 0 Å². The lowest BCUT2D eigenvalue weighted by Crippen LogP contribution is -2.24. The van der Waals surface area contributed by atoms with Crippen molar-refractivity contribution in [2.45, 2.75) is 49.3 Å². The first-order valence-electron chi connectivity index (χ1n) is 6.48. The number of carboxylic acids is 1. The predicted molar refractivity (Wildman–Crippen MR) is 71.8 cm³/mol. The van der Waals surface area contributed by atoms with Gasteiger partial charge in [0.25, 0.3) is 0 Å². The summed E-state index contributed by atoms with van der Waals surface area (Å²) in [6.45, 7) is 1.96. The number of hydrogen-bond donors (Lipinski definition) is 1. The number of aliphatic carboxylic acids is 1. The van der Waals surface area contributed by atoms with Crippen LogP contribution in [0.2, 0.25) is 0 Å². The lowest BCUT2D eigenvalue weighted by Gasteiger charge is -2.20. The molecule has 4 nitrogen and oxygen atoms in total. The molecule has 2 unspecified atom stereocenters. The molecule has 1 aromatic rings. The Kier molecular flexibility index (Phi) is 4.32. The highest BCUT2D eigenvalue weighted by Gasteiger charge is 2.30. The van der Waals surface area contributed by atoms with Gasteiger partial charge in [0.05, 0.1) is 16.6 Å². The van der Waals surface area contributed by atoms with Gasteiger partial charge < -0.3 is 5.11 Å². The summed E-state index contributed by atoms with van der Waals surface area (Å²) in [5.74, 6) is -0.860. The van der Waals surface area contributed by atoms with E-state index in [0.717, 1.165) is 42.8 Å². The molecular weight excluding hydrogens is 248 g/mol. The Labute approximate surface area is 112 Å². The van der Waals surface area contributed by atoms with Crippen molar-refractivity contribution in [2.75, 3.05) is 0 Å². The Balaban J connectivity index is 2.13. The van der Waals surface area contributed by atoms with Crippen LogP contribution in [0.15, 0.2) is 11.1 Å². The van der Waals surface area contributed by atoms with E-state index in [0.29, 0.717) is 0 Å². The zero-order chi connectivity index (χ0) is 13.1. The zero-order valence-electron chi connectivity index (χ0n) is 10.9. The summed E-state index contributed by atoms with van der Waals surface area (Å²) in [4.78, 5) is 11.4. The molecule has 5 heteroatoms. The second-order valence-corrected chi connectivity index (χ2v) is 6.25. The van der Waals surface area contributed by atoms with Gasteiger partial charge in [-0.15, -0.1) is 11.8 Å². The van der Waals surface area contributed by atoms with Crippen LogP contribution in [0, 0.1) is 12.8 Å². The third-order valence-corrected chi connectivity index (χ3v) is 4.99. The topological polar surface area (TPSA) is 55.1 Å². The van der Waals surface area contributed by atoms with Gasteiger partial charge >= 0.3 is 5.97 Å². The Bertz CT molecular complexity index is 431. The Morgan fingerprint density at radius 3 is 2.78 bits per heavy atom. The highest BCUT2D eigenvalue weighted by molar-refractivity contribution is 7.99. The van der Waals surface area contributed by atoms with E-state index in [1.165, 1.54) is 0 Å². The van der Waals surface area contributed by atoms with Crippen LogP contribution >= 0.6 is 11.8 Å². The monoisotopic (exact) mass is 268 g/mol. The fraction of sp³-hybridized carbons (Fsp3) is 0.692. The molecule has 1 aliphatic carbocycles. The van der Waals surface area contributed by atoms with Crippen molar-refractivity contribution in [3.05, 3.63) is 11.8 Å². The van der Waals surface area contributed by atoms with Crippen LogP contribution in [0.4, 0.5) is 0 Å². The quantitative estimate of drug-likeness (QED) is 0.856. The van der Waals surface area contributed by atoms with Crippen LogP contribution in [0.5, 0.6) is 0 Å². The van der Waals surface area contributed by atoms with Gasteiger partial charge in [-0.2, -0.15) is 5.10 Å². The molecule has 100 valence electrons. The molecule has 0 aliphatic heterocycles. The van der Waals surface area contributed by atoms with Gasteiger partial charge in [-0.3, -0.25) is 9.48 Å². The zero-order valence-corrected chi connectivity index (χ0v) is 11.7. The molecule has 1 saturated carbocycles. The first-order chi connectivity index (χ1) is 8.58. The van der Waals surface area contributed by atoms with E-state index in [1.807, 2.05) is 24.7 Å². The lowest BCUT2D eigenvalue weighted by atomic mass is 10.0. The number of nitrogens with zero attached hydrogens (tertiary/aromatic N) is 2. The molecular formula is C13H20N2O2S. The molecule has 18 heavy (non-hydrogen) atoms. The minimum Gasteiger partial charge on any atom is -0.481 e. The molecule has 1 N–H and O–H groups in total. The second-order valence-electron chi connectivity index (χ2n) is 4.99. The van der Waals surface area contributed by atoms with Crippen molar-refractivity contribution >= 4 is 17.7 Å². The third-order valence-electron chi connectivity index (χ3n) is 3.50. The van der Waals surface area contributed by atoms with E-state index < -0.39 is 5.97 Å². The van der Waals surface area contributed by atoms with Crippen molar-refractivity contribution in [1.82, 2.24) is 9.78 Å². The van der Waals surface area contributed by atoms with Crippen molar-refractivity contribution in [1.29, 1.82) is 0 Å². The summed E-state index contributed by atoms with van der Waals surface area (Å²) in [7, 11) is 1.92. The molecule has 0 saturated heterocycles. The molecule has 1 heterocycles. The number of rotatable bonds is 3. The fourth-order valence-corrected chi connectivity index (χ4v) is 3.99. The SMILES string of the molecule is Cc1cc(SC2CCCCCC2C(=O)O)n(C)n1. The standard InChI is InChI=1S/C13H20N2O2S/c1-9-8-12(15(2)14-9)18-11-7-5-3-4-6-10(11)13(16)17/h8,10-11H,3-7H2,1-2H3,(H,16,17). The number of thioether (sulfide) groups is 1. The van der Waals surface area contributed by atoms with Crippen molar-refractivity contribution in [3.63, 3.8) is 0 Å². The number of aromatic nitrogens is 2. The molecule has 1 aliphatic rings. The predicted octanol–water partition coefficient (Wildman–Crippen LogP) is 2.85. The summed E-state index contributed by atoms with van der Waals surface area (Å²) in [5, 5.41) is 14.9. The average Bonchev–Trinajstić information content (AvgIpc) is 2.52. The summed E-state index contributed by atoms with van der Waals surface area (Å²) >= 11 is 1.68. The minimum absolute atomic E-state index is 0.180. The smallest absolute Gasteiger partial charge is 0.307 e. The molecule has 1 fully saturated rings. The van der Waals surface area contributed by atoms with Crippen LogP contribution in [0.25, 0.3) is 0 Å². The molecule has 1 aromatic heterocycles. The lowest BCUT2D eigenvalue weighted by molar-refractivity contribution is -0.141. The number of carbonyl (C=O) groups is 1. The maximum Gasteiger partial charge on any atom is 0.307 e. The van der Waals surface area contributed by atoms with Gasteiger partial charge in [0.15, 0.2) is 0 Å². The molecule has 2 rings (SSSR count). The summed E-state index contributed by atoms with van der Waals surface area (Å²) in [6, 6.07) is 2.04. The Hall–Kier alpha value is -0.970. The number of aryl methyl sites for hydroxylation is 2. The van der Waals surface area contributed by atoms with Gasteiger partial charge in [0, 0.05) is 12.3 Å². The van der Waals surface area contributed by atoms with Crippen molar-refractivity contribution in [3.8, 4) is 0 Å². The summed E-state index contributed by atoms with van der Waals surface area (Å²) in [6.07, 6.45) is 5.14. The van der Waals surface area contributed by atoms with Crippen LogP contribution in [0.1, 0.15) is 37.8 Å².